The predicted molar refractivity (Wildman–Crippen MR) is 99.7 cm³/mol. The first kappa shape index (κ1) is 17.8. The minimum absolute atomic E-state index is 0.114. The van der Waals surface area contributed by atoms with Gasteiger partial charge in [-0.1, -0.05) is 12.1 Å². The van der Waals surface area contributed by atoms with Crippen LogP contribution in [0.4, 0.5) is 10.1 Å². The number of halogens is 1. The van der Waals surface area contributed by atoms with E-state index in [2.05, 4.69) is 15.6 Å². The van der Waals surface area contributed by atoms with Crippen molar-refractivity contribution in [2.24, 2.45) is 0 Å². The molecular formula is C19H16FN3O2S. The maximum absolute atomic E-state index is 13.3. The number of anilines is 1. The standard InChI is InChI=1S/C19H16FN3O2S/c1-21-18(25)12-5-7-15(8-6-12)22-17(24)10-16-11-26-19(23-16)13-3-2-4-14(20)9-13/h2-9,11H,10H2,1H3,(H,21,25)(H,22,24). The van der Waals surface area contributed by atoms with Gasteiger partial charge >= 0.3 is 0 Å². The molecule has 0 aliphatic carbocycles. The molecule has 132 valence electrons. The molecule has 3 rings (SSSR count). The fraction of sp³-hybridized carbons (Fsp3) is 0.105. The number of nitrogens with zero attached hydrogens (tertiary/aromatic N) is 1. The molecule has 0 aliphatic rings. The van der Waals surface area contributed by atoms with Crippen LogP contribution < -0.4 is 10.6 Å². The summed E-state index contributed by atoms with van der Waals surface area (Å²) < 4.78 is 13.3. The molecule has 1 heterocycles. The number of carbonyl (C=O) groups excluding carboxylic acids is 2. The number of rotatable bonds is 5. The second-order valence-electron chi connectivity index (χ2n) is 5.54. The lowest BCUT2D eigenvalue weighted by molar-refractivity contribution is -0.115. The van der Waals surface area contributed by atoms with Gasteiger partial charge in [0, 0.05) is 29.2 Å². The monoisotopic (exact) mass is 369 g/mol. The van der Waals surface area contributed by atoms with Crippen LogP contribution in [0.2, 0.25) is 0 Å². The zero-order chi connectivity index (χ0) is 18.5. The lowest BCUT2D eigenvalue weighted by Gasteiger charge is -2.05. The van der Waals surface area contributed by atoms with E-state index in [0.29, 0.717) is 27.5 Å². The van der Waals surface area contributed by atoms with Crippen LogP contribution in [0.3, 0.4) is 0 Å². The van der Waals surface area contributed by atoms with E-state index < -0.39 is 0 Å². The van der Waals surface area contributed by atoms with Crippen molar-refractivity contribution in [1.82, 2.24) is 10.3 Å². The molecule has 0 bridgehead atoms. The van der Waals surface area contributed by atoms with Crippen LogP contribution in [0.15, 0.2) is 53.9 Å². The Labute approximate surface area is 153 Å². The van der Waals surface area contributed by atoms with Crippen LogP contribution in [0.25, 0.3) is 10.6 Å². The zero-order valence-corrected chi connectivity index (χ0v) is 14.8. The number of thiazole rings is 1. The van der Waals surface area contributed by atoms with Gasteiger partial charge in [0.15, 0.2) is 0 Å². The lowest BCUT2D eigenvalue weighted by Crippen LogP contribution is -2.18. The number of nitrogens with one attached hydrogen (secondary N) is 2. The van der Waals surface area contributed by atoms with E-state index in [-0.39, 0.29) is 24.1 Å². The van der Waals surface area contributed by atoms with Crippen molar-refractivity contribution in [2.75, 3.05) is 12.4 Å². The summed E-state index contributed by atoms with van der Waals surface area (Å²) in [7, 11) is 1.56. The molecule has 0 atom stereocenters. The first-order valence-electron chi connectivity index (χ1n) is 7.87. The quantitative estimate of drug-likeness (QED) is 0.723. The molecule has 5 nitrogen and oxygen atoms in total. The molecule has 0 unspecified atom stereocenters. The Kier molecular flexibility index (Phi) is 5.38. The number of benzene rings is 2. The molecule has 26 heavy (non-hydrogen) atoms. The average Bonchev–Trinajstić information content (AvgIpc) is 3.10. The second-order valence-corrected chi connectivity index (χ2v) is 6.39. The molecule has 0 saturated carbocycles. The van der Waals surface area contributed by atoms with Gasteiger partial charge in [0.2, 0.25) is 5.91 Å². The molecule has 7 heteroatoms. The van der Waals surface area contributed by atoms with Gasteiger partial charge in [0.1, 0.15) is 10.8 Å². The van der Waals surface area contributed by atoms with Gasteiger partial charge in [-0.25, -0.2) is 9.37 Å². The summed E-state index contributed by atoms with van der Waals surface area (Å²) in [6, 6.07) is 12.8. The van der Waals surface area contributed by atoms with Crippen molar-refractivity contribution >= 4 is 28.8 Å². The van der Waals surface area contributed by atoms with Crippen molar-refractivity contribution in [3.05, 3.63) is 71.0 Å². The van der Waals surface area contributed by atoms with Gasteiger partial charge in [-0.05, 0) is 36.4 Å². The highest BCUT2D eigenvalue weighted by Crippen LogP contribution is 2.24. The zero-order valence-electron chi connectivity index (χ0n) is 14.0. The van der Waals surface area contributed by atoms with E-state index in [9.17, 15) is 14.0 Å². The number of carbonyl (C=O) groups is 2. The van der Waals surface area contributed by atoms with Crippen molar-refractivity contribution in [3.8, 4) is 10.6 Å². The molecule has 0 spiro atoms. The Hall–Kier alpha value is -3.06. The first-order chi connectivity index (χ1) is 12.5. The van der Waals surface area contributed by atoms with E-state index >= 15 is 0 Å². The summed E-state index contributed by atoms with van der Waals surface area (Å²) in [5.41, 5.74) is 2.42. The summed E-state index contributed by atoms with van der Waals surface area (Å²) >= 11 is 1.37. The fourth-order valence-corrected chi connectivity index (χ4v) is 3.18. The molecule has 2 N–H and O–H groups in total. The van der Waals surface area contributed by atoms with Crippen LogP contribution in [0.5, 0.6) is 0 Å². The van der Waals surface area contributed by atoms with E-state index in [1.165, 1.54) is 23.5 Å². The Morgan fingerprint density at radius 1 is 1.15 bits per heavy atom. The maximum atomic E-state index is 13.3. The highest BCUT2D eigenvalue weighted by molar-refractivity contribution is 7.13. The highest BCUT2D eigenvalue weighted by Gasteiger charge is 2.10. The summed E-state index contributed by atoms with van der Waals surface area (Å²) in [5, 5.41) is 7.76. The molecule has 3 aromatic rings. The Bertz CT molecular complexity index is 938. The van der Waals surface area contributed by atoms with E-state index in [0.717, 1.165) is 0 Å². The summed E-state index contributed by atoms with van der Waals surface area (Å²) in [4.78, 5) is 28.1. The molecule has 2 amide bonds. The smallest absolute Gasteiger partial charge is 0.251 e. The number of hydrogen-bond donors (Lipinski definition) is 2. The van der Waals surface area contributed by atoms with Crippen LogP contribution >= 0.6 is 11.3 Å². The van der Waals surface area contributed by atoms with Crippen LogP contribution in [0.1, 0.15) is 16.1 Å². The van der Waals surface area contributed by atoms with Gasteiger partial charge in [-0.3, -0.25) is 9.59 Å². The van der Waals surface area contributed by atoms with E-state index in [1.807, 2.05) is 0 Å². The molecule has 0 radical (unpaired) electrons. The summed E-state index contributed by atoms with van der Waals surface area (Å²) in [6.07, 6.45) is 0.114. The SMILES string of the molecule is CNC(=O)c1ccc(NC(=O)Cc2csc(-c3cccc(F)c3)n2)cc1. The van der Waals surface area contributed by atoms with Gasteiger partial charge in [-0.2, -0.15) is 0 Å². The second kappa shape index (κ2) is 7.88. The van der Waals surface area contributed by atoms with E-state index in [1.54, 1.807) is 48.8 Å². The normalized spacial score (nSPS) is 10.4. The minimum atomic E-state index is -0.322. The predicted octanol–water partition coefficient (Wildman–Crippen LogP) is 3.49. The highest BCUT2D eigenvalue weighted by atomic mass is 32.1. The van der Waals surface area contributed by atoms with Crippen LogP contribution in [-0.4, -0.2) is 23.8 Å². The molecule has 0 saturated heterocycles. The fourth-order valence-electron chi connectivity index (χ4n) is 2.36. The van der Waals surface area contributed by atoms with Gasteiger partial charge in [-0.15, -0.1) is 11.3 Å². The van der Waals surface area contributed by atoms with Gasteiger partial charge < -0.3 is 10.6 Å². The maximum Gasteiger partial charge on any atom is 0.251 e. The van der Waals surface area contributed by atoms with Crippen molar-refractivity contribution < 1.29 is 14.0 Å². The third-order valence-corrected chi connectivity index (χ3v) is 4.56. The Morgan fingerprint density at radius 3 is 2.62 bits per heavy atom. The Morgan fingerprint density at radius 2 is 1.92 bits per heavy atom. The van der Waals surface area contributed by atoms with Crippen molar-refractivity contribution in [3.63, 3.8) is 0 Å². The minimum Gasteiger partial charge on any atom is -0.355 e. The average molecular weight is 369 g/mol. The molecule has 0 fully saturated rings. The lowest BCUT2D eigenvalue weighted by atomic mass is 10.2. The first-order valence-corrected chi connectivity index (χ1v) is 8.75. The number of hydrogen-bond acceptors (Lipinski definition) is 4. The van der Waals surface area contributed by atoms with Crippen molar-refractivity contribution in [1.29, 1.82) is 0 Å². The number of amides is 2. The molecule has 2 aromatic carbocycles. The third kappa shape index (κ3) is 4.31. The van der Waals surface area contributed by atoms with Gasteiger partial charge in [0.25, 0.3) is 5.91 Å². The third-order valence-electron chi connectivity index (χ3n) is 3.62. The summed E-state index contributed by atoms with van der Waals surface area (Å²) in [6.45, 7) is 0. The largest absolute Gasteiger partial charge is 0.355 e. The van der Waals surface area contributed by atoms with Crippen LogP contribution in [-0.2, 0) is 11.2 Å². The topological polar surface area (TPSA) is 71.1 Å². The molecule has 1 aromatic heterocycles. The Balaban J connectivity index is 1.63. The molecular weight excluding hydrogens is 353 g/mol. The molecule has 0 aliphatic heterocycles. The summed E-state index contributed by atoms with van der Waals surface area (Å²) in [5.74, 6) is -0.721. The van der Waals surface area contributed by atoms with Crippen LogP contribution in [0, 0.1) is 5.82 Å². The van der Waals surface area contributed by atoms with E-state index in [4.69, 9.17) is 0 Å². The number of aromatic nitrogens is 1. The van der Waals surface area contributed by atoms with Crippen molar-refractivity contribution in [2.45, 2.75) is 6.42 Å². The van der Waals surface area contributed by atoms with Gasteiger partial charge in [0.05, 0.1) is 12.1 Å².